The smallest absolute Gasteiger partial charge is 0.220 e. The van der Waals surface area contributed by atoms with Crippen molar-refractivity contribution >= 4 is 5.91 Å². The van der Waals surface area contributed by atoms with Gasteiger partial charge in [0.25, 0.3) is 0 Å². The van der Waals surface area contributed by atoms with Crippen LogP contribution in [0.15, 0.2) is 36.5 Å². The van der Waals surface area contributed by atoms with Gasteiger partial charge in [-0.25, -0.2) is 0 Å². The van der Waals surface area contributed by atoms with Crippen molar-refractivity contribution in [2.24, 2.45) is 0 Å². The second-order valence-corrected chi connectivity index (χ2v) is 22.9. The van der Waals surface area contributed by atoms with E-state index in [0.717, 1.165) is 44.9 Å². The van der Waals surface area contributed by atoms with Crippen LogP contribution < -0.4 is 5.32 Å². The molecule has 1 aliphatic heterocycles. The molecule has 75 heavy (non-hydrogen) atoms. The fourth-order valence-electron chi connectivity index (χ4n) is 10.5. The number of unbranched alkanes of at least 4 members (excludes halogenated alkanes) is 43. The molecule has 1 fully saturated rings. The third-order valence-corrected chi connectivity index (χ3v) is 15.7. The van der Waals surface area contributed by atoms with Crippen LogP contribution in [0.3, 0.4) is 0 Å². The summed E-state index contributed by atoms with van der Waals surface area (Å²) in [5.41, 5.74) is 0. The fraction of sp³-hybridized carbons (Fsp3) is 0.894. The van der Waals surface area contributed by atoms with Gasteiger partial charge in [0.05, 0.1) is 25.4 Å². The highest BCUT2D eigenvalue weighted by molar-refractivity contribution is 5.76. The van der Waals surface area contributed by atoms with Gasteiger partial charge >= 0.3 is 0 Å². The van der Waals surface area contributed by atoms with Crippen molar-refractivity contribution in [2.75, 3.05) is 13.2 Å². The van der Waals surface area contributed by atoms with Gasteiger partial charge in [-0.3, -0.25) is 4.79 Å². The summed E-state index contributed by atoms with van der Waals surface area (Å²) in [5.74, 6) is -0.171. The summed E-state index contributed by atoms with van der Waals surface area (Å²) in [6.07, 6.45) is 66.8. The van der Waals surface area contributed by atoms with Crippen molar-refractivity contribution in [1.82, 2.24) is 5.32 Å². The van der Waals surface area contributed by atoms with Crippen LogP contribution in [0.2, 0.25) is 0 Å². The van der Waals surface area contributed by atoms with Gasteiger partial charge in [-0.05, 0) is 51.4 Å². The summed E-state index contributed by atoms with van der Waals surface area (Å²) in [7, 11) is 0. The van der Waals surface area contributed by atoms with E-state index in [1.807, 2.05) is 6.08 Å². The number of hydrogen-bond acceptors (Lipinski definition) is 8. The van der Waals surface area contributed by atoms with E-state index in [1.54, 1.807) is 6.08 Å². The van der Waals surface area contributed by atoms with Crippen LogP contribution in [0.1, 0.15) is 322 Å². The van der Waals surface area contributed by atoms with Gasteiger partial charge in [0.15, 0.2) is 6.29 Å². The minimum Gasteiger partial charge on any atom is -0.394 e. The average Bonchev–Trinajstić information content (AvgIpc) is 3.41. The number of hydrogen-bond donors (Lipinski definition) is 6. The monoisotopic (exact) mass is 1060 g/mol. The summed E-state index contributed by atoms with van der Waals surface area (Å²) in [4.78, 5) is 13.1. The molecule has 9 nitrogen and oxygen atoms in total. The Kier molecular flexibility index (Phi) is 53.1. The first-order valence-corrected chi connectivity index (χ1v) is 32.7. The molecule has 442 valence electrons. The molecule has 6 N–H and O–H groups in total. The Morgan fingerprint density at radius 1 is 0.453 bits per heavy atom. The third-order valence-electron chi connectivity index (χ3n) is 15.7. The Hall–Kier alpha value is -1.59. The lowest BCUT2D eigenvalue weighted by Crippen LogP contribution is -2.60. The number of carbonyl (C=O) groups excluding carboxylic acids is 1. The highest BCUT2D eigenvalue weighted by Crippen LogP contribution is 2.23. The summed E-state index contributed by atoms with van der Waals surface area (Å²) >= 11 is 0. The predicted molar refractivity (Wildman–Crippen MR) is 318 cm³/mol. The molecule has 0 aromatic heterocycles. The number of carbonyl (C=O) groups is 1. The van der Waals surface area contributed by atoms with Crippen molar-refractivity contribution in [2.45, 2.75) is 365 Å². The molecule has 0 aliphatic carbocycles. The van der Waals surface area contributed by atoms with E-state index in [-0.39, 0.29) is 12.5 Å². The van der Waals surface area contributed by atoms with E-state index in [9.17, 15) is 30.3 Å². The standard InChI is InChI=1S/C66H125NO8/c1-3-5-7-9-11-13-15-17-19-20-21-22-23-24-25-26-27-28-29-30-31-32-33-34-35-36-37-38-39-40-42-44-46-48-50-52-54-56-62(70)67-59(58-74-66-65(73)64(72)63(71)61(57-68)75-66)60(69)55-53-51-49-47-45-43-41-18-16-14-12-10-8-6-4-2/h15,17,20-21,53,55,59-61,63-66,68-69,71-73H,3-14,16,18-19,22-52,54,56-58H2,1-2H3,(H,67,70)/b17-15-,21-20-,55-53+. The second kappa shape index (κ2) is 55.7. The SMILES string of the molecule is CCCCCCC/C=C\C/C=C\CCCCCCCCCCCCCCCCCCCCCCCCCCCC(=O)NC(COC1OC(CO)C(O)C(O)C1O)C(O)/C=C/CCCCCCCCCCCCCCC. The maximum atomic E-state index is 13.1. The number of ether oxygens (including phenoxy) is 2. The number of amides is 1. The Morgan fingerprint density at radius 3 is 1.15 bits per heavy atom. The largest absolute Gasteiger partial charge is 0.394 e. The summed E-state index contributed by atoms with van der Waals surface area (Å²) < 4.78 is 11.3. The first-order valence-electron chi connectivity index (χ1n) is 32.7. The molecular weight excluding hydrogens is 935 g/mol. The highest BCUT2D eigenvalue weighted by atomic mass is 16.7. The molecule has 1 aliphatic rings. The van der Waals surface area contributed by atoms with E-state index in [1.165, 1.54) is 257 Å². The lowest BCUT2D eigenvalue weighted by atomic mass is 9.99. The molecule has 1 saturated heterocycles. The highest BCUT2D eigenvalue weighted by Gasteiger charge is 2.44. The molecule has 0 bridgehead atoms. The Morgan fingerprint density at radius 2 is 0.787 bits per heavy atom. The maximum absolute atomic E-state index is 13.1. The van der Waals surface area contributed by atoms with Crippen LogP contribution in [-0.2, 0) is 14.3 Å². The normalized spacial score (nSPS) is 19.1. The number of allylic oxidation sites excluding steroid dienone is 5. The Labute approximate surface area is 463 Å². The van der Waals surface area contributed by atoms with Crippen LogP contribution in [-0.4, -0.2) is 87.5 Å². The topological polar surface area (TPSA) is 149 Å². The predicted octanol–water partition coefficient (Wildman–Crippen LogP) is 17.1. The zero-order chi connectivity index (χ0) is 54.3. The quantitative estimate of drug-likeness (QED) is 0.0261. The summed E-state index contributed by atoms with van der Waals surface area (Å²) in [5, 5.41) is 54.5. The number of aliphatic hydroxyl groups is 5. The van der Waals surface area contributed by atoms with Crippen LogP contribution >= 0.6 is 0 Å². The van der Waals surface area contributed by atoms with E-state index in [4.69, 9.17) is 9.47 Å². The molecule has 0 spiro atoms. The van der Waals surface area contributed by atoms with Crippen LogP contribution in [0.4, 0.5) is 0 Å². The van der Waals surface area contributed by atoms with Crippen molar-refractivity contribution < 1.29 is 39.8 Å². The molecule has 7 unspecified atom stereocenters. The molecular formula is C66H125NO8. The maximum Gasteiger partial charge on any atom is 0.220 e. The molecule has 7 atom stereocenters. The summed E-state index contributed by atoms with van der Waals surface area (Å²) in [6, 6.07) is -0.802. The summed E-state index contributed by atoms with van der Waals surface area (Å²) in [6.45, 7) is 3.80. The minimum absolute atomic E-state index is 0.171. The van der Waals surface area contributed by atoms with Gasteiger partial charge in [-0.1, -0.05) is 301 Å². The van der Waals surface area contributed by atoms with E-state index in [2.05, 4.69) is 43.5 Å². The van der Waals surface area contributed by atoms with Crippen molar-refractivity contribution in [1.29, 1.82) is 0 Å². The van der Waals surface area contributed by atoms with Crippen LogP contribution in [0, 0.1) is 0 Å². The molecule has 1 amide bonds. The van der Waals surface area contributed by atoms with Crippen LogP contribution in [0.25, 0.3) is 0 Å². The molecule has 0 aromatic rings. The first-order chi connectivity index (χ1) is 36.8. The first kappa shape index (κ1) is 71.4. The van der Waals surface area contributed by atoms with Crippen molar-refractivity contribution in [3.05, 3.63) is 36.5 Å². The van der Waals surface area contributed by atoms with Gasteiger partial charge in [-0.2, -0.15) is 0 Å². The fourth-order valence-corrected chi connectivity index (χ4v) is 10.5. The van der Waals surface area contributed by atoms with Crippen LogP contribution in [0.5, 0.6) is 0 Å². The number of nitrogens with one attached hydrogen (secondary N) is 1. The minimum atomic E-state index is -1.56. The van der Waals surface area contributed by atoms with Crippen molar-refractivity contribution in [3.8, 4) is 0 Å². The van der Waals surface area contributed by atoms with E-state index in [0.29, 0.717) is 6.42 Å². The average molecular weight is 1060 g/mol. The van der Waals surface area contributed by atoms with Gasteiger partial charge in [-0.15, -0.1) is 0 Å². The second-order valence-electron chi connectivity index (χ2n) is 22.9. The molecule has 1 rings (SSSR count). The van der Waals surface area contributed by atoms with Crippen molar-refractivity contribution in [3.63, 3.8) is 0 Å². The lowest BCUT2D eigenvalue weighted by Gasteiger charge is -2.40. The zero-order valence-corrected chi connectivity index (χ0v) is 49.3. The lowest BCUT2D eigenvalue weighted by molar-refractivity contribution is -0.302. The van der Waals surface area contributed by atoms with Gasteiger partial charge in [0, 0.05) is 6.42 Å². The Bertz CT molecular complexity index is 1270. The molecule has 0 radical (unpaired) electrons. The molecule has 1 heterocycles. The van der Waals surface area contributed by atoms with E-state index < -0.39 is 49.5 Å². The molecule has 0 saturated carbocycles. The molecule has 9 heteroatoms. The third kappa shape index (κ3) is 44.9. The van der Waals surface area contributed by atoms with E-state index >= 15 is 0 Å². The molecule has 0 aromatic carbocycles. The van der Waals surface area contributed by atoms with Gasteiger partial charge in [0.1, 0.15) is 24.4 Å². The zero-order valence-electron chi connectivity index (χ0n) is 49.3. The number of aliphatic hydroxyl groups excluding tert-OH is 5. The van der Waals surface area contributed by atoms with Gasteiger partial charge in [0.2, 0.25) is 5.91 Å². The number of rotatable bonds is 57. The Balaban J connectivity index is 2.05. The van der Waals surface area contributed by atoms with Gasteiger partial charge < -0.3 is 40.3 Å².